The van der Waals surface area contributed by atoms with Gasteiger partial charge in [-0.2, -0.15) is 0 Å². The quantitative estimate of drug-likeness (QED) is 0.297. The predicted octanol–water partition coefficient (Wildman–Crippen LogP) is 5.58. The highest BCUT2D eigenvalue weighted by Gasteiger charge is 2.39. The van der Waals surface area contributed by atoms with Gasteiger partial charge in [0.1, 0.15) is 16.5 Å². The Morgan fingerprint density at radius 3 is 2.09 bits per heavy atom. The van der Waals surface area contributed by atoms with Gasteiger partial charge in [0.25, 0.3) is 11.8 Å². The number of ether oxygens (including phenoxy) is 1. The summed E-state index contributed by atoms with van der Waals surface area (Å²) in [5, 5.41) is 2.72. The molecule has 0 bridgehead atoms. The fourth-order valence-electron chi connectivity index (χ4n) is 3.83. The molecule has 1 aliphatic rings. The Kier molecular flexibility index (Phi) is 6.26. The molecule has 0 aliphatic carbocycles. The van der Waals surface area contributed by atoms with Crippen LogP contribution in [0, 0.1) is 27.7 Å². The van der Waals surface area contributed by atoms with E-state index in [2.05, 4.69) is 5.32 Å². The van der Waals surface area contributed by atoms with E-state index in [9.17, 15) is 14.4 Å². The molecule has 0 saturated carbocycles. The molecule has 0 unspecified atom stereocenters. The average Bonchev–Trinajstić information content (AvgIpc) is 2.98. The van der Waals surface area contributed by atoms with E-state index in [4.69, 9.17) is 16.3 Å². The minimum absolute atomic E-state index is 0.0172. The van der Waals surface area contributed by atoms with Gasteiger partial charge in [-0.3, -0.25) is 9.59 Å². The van der Waals surface area contributed by atoms with Gasteiger partial charge in [0, 0.05) is 5.69 Å². The second-order valence-electron chi connectivity index (χ2n) is 8.34. The molecule has 34 heavy (non-hydrogen) atoms. The molecular formula is C27H23ClN2O4. The Morgan fingerprint density at radius 1 is 0.824 bits per heavy atom. The van der Waals surface area contributed by atoms with Gasteiger partial charge < -0.3 is 10.1 Å². The topological polar surface area (TPSA) is 75.7 Å². The summed E-state index contributed by atoms with van der Waals surface area (Å²) in [4.78, 5) is 39.3. The molecule has 1 aliphatic heterocycles. The Balaban J connectivity index is 1.50. The van der Waals surface area contributed by atoms with Gasteiger partial charge in [-0.1, -0.05) is 35.4 Å². The van der Waals surface area contributed by atoms with Crippen molar-refractivity contribution in [3.05, 3.63) is 99.2 Å². The molecule has 4 rings (SSSR count). The van der Waals surface area contributed by atoms with Gasteiger partial charge in [0.05, 0.1) is 11.3 Å². The molecule has 2 amide bonds. The Labute approximate surface area is 202 Å². The third-order valence-corrected chi connectivity index (χ3v) is 5.77. The van der Waals surface area contributed by atoms with E-state index < -0.39 is 17.8 Å². The number of anilines is 2. The molecule has 1 heterocycles. The second-order valence-corrected chi connectivity index (χ2v) is 8.72. The summed E-state index contributed by atoms with van der Waals surface area (Å²) >= 11 is 6.23. The van der Waals surface area contributed by atoms with Gasteiger partial charge in [-0.25, -0.2) is 9.69 Å². The van der Waals surface area contributed by atoms with Crippen molar-refractivity contribution in [3.63, 3.8) is 0 Å². The summed E-state index contributed by atoms with van der Waals surface area (Å²) in [7, 11) is 0. The van der Waals surface area contributed by atoms with Crippen LogP contribution < -0.4 is 15.0 Å². The number of aryl methyl sites for hydroxylation is 4. The lowest BCUT2D eigenvalue weighted by molar-refractivity contribution is -0.120. The van der Waals surface area contributed by atoms with E-state index in [1.165, 1.54) is 0 Å². The van der Waals surface area contributed by atoms with Crippen molar-refractivity contribution < 1.29 is 19.1 Å². The first kappa shape index (κ1) is 23.3. The van der Waals surface area contributed by atoms with Crippen LogP contribution in [0.25, 0.3) is 0 Å². The lowest BCUT2D eigenvalue weighted by atomic mass is 10.1. The highest BCUT2D eigenvalue weighted by molar-refractivity contribution is 6.53. The van der Waals surface area contributed by atoms with Crippen molar-refractivity contribution >= 4 is 40.8 Å². The van der Waals surface area contributed by atoms with Crippen LogP contribution in [0.3, 0.4) is 0 Å². The highest BCUT2D eigenvalue weighted by atomic mass is 35.5. The van der Waals surface area contributed by atoms with Crippen LogP contribution in [0.4, 0.5) is 11.4 Å². The standard InChI is InChI=1S/C27H23ClN2O4/c1-15-5-10-22(18(4)12-15)34-27(33)19-6-8-20(9-7-19)29-24-23(28)25(31)30(26(24)32)21-13-16(2)11-17(3)14-21/h5-14,29H,1-4H3. The monoisotopic (exact) mass is 474 g/mol. The molecule has 7 heteroatoms. The number of halogens is 1. The average molecular weight is 475 g/mol. The number of benzene rings is 3. The van der Waals surface area contributed by atoms with Gasteiger partial charge in [0.2, 0.25) is 0 Å². The van der Waals surface area contributed by atoms with Gasteiger partial charge in [0.15, 0.2) is 0 Å². The lowest BCUT2D eigenvalue weighted by Crippen LogP contribution is -2.32. The van der Waals surface area contributed by atoms with E-state index >= 15 is 0 Å². The van der Waals surface area contributed by atoms with E-state index in [0.717, 1.165) is 27.2 Å². The Morgan fingerprint density at radius 2 is 1.47 bits per heavy atom. The normalized spacial score (nSPS) is 13.5. The van der Waals surface area contributed by atoms with Crippen LogP contribution in [-0.2, 0) is 9.59 Å². The summed E-state index contributed by atoms with van der Waals surface area (Å²) in [6.07, 6.45) is 0. The number of hydrogen-bond donors (Lipinski definition) is 1. The number of imide groups is 1. The maximum atomic E-state index is 13.0. The van der Waals surface area contributed by atoms with E-state index in [1.807, 2.05) is 45.9 Å². The molecule has 172 valence electrons. The van der Waals surface area contributed by atoms with Crippen LogP contribution in [-0.4, -0.2) is 17.8 Å². The highest BCUT2D eigenvalue weighted by Crippen LogP contribution is 2.31. The molecule has 1 N–H and O–H groups in total. The van der Waals surface area contributed by atoms with Crippen molar-refractivity contribution in [2.75, 3.05) is 10.2 Å². The fourth-order valence-corrected chi connectivity index (χ4v) is 4.04. The van der Waals surface area contributed by atoms with Crippen LogP contribution in [0.15, 0.2) is 71.4 Å². The maximum Gasteiger partial charge on any atom is 0.343 e. The molecule has 3 aromatic rings. The minimum atomic E-state index is -0.590. The smallest absolute Gasteiger partial charge is 0.343 e. The van der Waals surface area contributed by atoms with Gasteiger partial charge >= 0.3 is 5.97 Å². The molecule has 0 spiro atoms. The first-order valence-electron chi connectivity index (χ1n) is 10.7. The van der Waals surface area contributed by atoms with Crippen molar-refractivity contribution in [2.45, 2.75) is 27.7 Å². The molecule has 0 saturated heterocycles. The Hall–Kier alpha value is -3.90. The van der Waals surface area contributed by atoms with Gasteiger partial charge in [-0.05, 0) is 86.8 Å². The minimum Gasteiger partial charge on any atom is -0.423 e. The number of nitrogens with zero attached hydrogens (tertiary/aromatic N) is 1. The zero-order chi connectivity index (χ0) is 24.6. The molecule has 0 fully saturated rings. The summed E-state index contributed by atoms with van der Waals surface area (Å²) in [6, 6.07) is 17.4. The van der Waals surface area contributed by atoms with E-state index in [1.54, 1.807) is 42.5 Å². The third-order valence-electron chi connectivity index (χ3n) is 5.41. The molecule has 0 atom stereocenters. The molecular weight excluding hydrogens is 452 g/mol. The molecule has 0 radical (unpaired) electrons. The molecule has 3 aromatic carbocycles. The largest absolute Gasteiger partial charge is 0.423 e. The summed E-state index contributed by atoms with van der Waals surface area (Å²) in [5.74, 6) is -1.13. The number of hydrogen-bond acceptors (Lipinski definition) is 5. The summed E-state index contributed by atoms with van der Waals surface area (Å²) in [5.41, 5.74) is 5.09. The number of amides is 2. The number of esters is 1. The lowest BCUT2D eigenvalue weighted by Gasteiger charge is -2.16. The maximum absolute atomic E-state index is 13.0. The first-order valence-corrected chi connectivity index (χ1v) is 11.0. The fraction of sp³-hybridized carbons (Fsp3) is 0.148. The van der Waals surface area contributed by atoms with Crippen molar-refractivity contribution in [3.8, 4) is 5.75 Å². The SMILES string of the molecule is Cc1cc(C)cc(N2C(=O)C(Cl)=C(Nc3ccc(C(=O)Oc4ccc(C)cc4C)cc3)C2=O)c1. The summed E-state index contributed by atoms with van der Waals surface area (Å²) < 4.78 is 5.49. The zero-order valence-corrected chi connectivity index (χ0v) is 20.0. The number of carbonyl (C=O) groups excluding carboxylic acids is 3. The van der Waals surface area contributed by atoms with Crippen LogP contribution in [0.1, 0.15) is 32.6 Å². The van der Waals surface area contributed by atoms with Crippen LogP contribution >= 0.6 is 11.6 Å². The molecule has 6 nitrogen and oxygen atoms in total. The van der Waals surface area contributed by atoms with Crippen molar-refractivity contribution in [2.24, 2.45) is 0 Å². The summed E-state index contributed by atoms with van der Waals surface area (Å²) in [6.45, 7) is 7.63. The van der Waals surface area contributed by atoms with Crippen molar-refractivity contribution in [1.82, 2.24) is 0 Å². The molecule has 0 aromatic heterocycles. The van der Waals surface area contributed by atoms with E-state index in [0.29, 0.717) is 22.7 Å². The number of rotatable bonds is 5. The van der Waals surface area contributed by atoms with Crippen molar-refractivity contribution in [1.29, 1.82) is 0 Å². The number of carbonyl (C=O) groups is 3. The van der Waals surface area contributed by atoms with Crippen LogP contribution in [0.2, 0.25) is 0 Å². The zero-order valence-electron chi connectivity index (χ0n) is 19.2. The van der Waals surface area contributed by atoms with Crippen LogP contribution in [0.5, 0.6) is 5.75 Å². The van der Waals surface area contributed by atoms with Gasteiger partial charge in [-0.15, -0.1) is 0 Å². The second kappa shape index (κ2) is 9.15. The first-order chi connectivity index (χ1) is 16.1. The Bertz CT molecular complexity index is 1340. The third kappa shape index (κ3) is 4.58. The predicted molar refractivity (Wildman–Crippen MR) is 132 cm³/mol. The van der Waals surface area contributed by atoms with E-state index in [-0.39, 0.29) is 10.7 Å². The number of nitrogens with one attached hydrogen (secondary N) is 1.